The van der Waals surface area contributed by atoms with Crippen LogP contribution in [0, 0.1) is 5.41 Å². The molecule has 1 aromatic carbocycles. The Morgan fingerprint density at radius 3 is 2.85 bits per heavy atom. The molecule has 5 rings (SSSR count). The Kier molecular flexibility index (Phi) is 5.61. The Labute approximate surface area is 199 Å². The number of nitrogens with zero attached hydrogens (tertiary/aromatic N) is 6. The van der Waals surface area contributed by atoms with Crippen molar-refractivity contribution in [1.82, 2.24) is 34.6 Å². The molecule has 0 aliphatic heterocycles. The number of imidazole rings is 1. The molecule has 0 radical (unpaired) electrons. The molecule has 170 valence electrons. The summed E-state index contributed by atoms with van der Waals surface area (Å²) >= 11 is 3.53. The molecule has 2 N–H and O–H groups in total. The summed E-state index contributed by atoms with van der Waals surface area (Å²) in [5, 5.41) is 11.7. The Hall–Kier alpha value is -3.27. The van der Waals surface area contributed by atoms with E-state index in [0.29, 0.717) is 16.2 Å². The molecular formula is C23H25BrN8O. The van der Waals surface area contributed by atoms with E-state index in [-0.39, 0.29) is 17.4 Å². The topological polar surface area (TPSA) is 103 Å². The highest BCUT2D eigenvalue weighted by Crippen LogP contribution is 2.39. The first kappa shape index (κ1) is 21.6. The van der Waals surface area contributed by atoms with Gasteiger partial charge in [-0.3, -0.25) is 4.79 Å². The van der Waals surface area contributed by atoms with Crippen LogP contribution in [0.1, 0.15) is 31.7 Å². The van der Waals surface area contributed by atoms with Crippen LogP contribution in [0.15, 0.2) is 53.8 Å². The molecule has 10 heteroatoms. The molecule has 1 saturated carbocycles. The van der Waals surface area contributed by atoms with E-state index >= 15 is 0 Å². The molecule has 3 heterocycles. The second-order valence-corrected chi connectivity index (χ2v) is 9.51. The number of hydrogen-bond donors (Lipinski definition) is 2. The molecule has 1 aliphatic rings. The van der Waals surface area contributed by atoms with Crippen molar-refractivity contribution in [2.24, 2.45) is 5.41 Å². The molecule has 9 nitrogen and oxygen atoms in total. The van der Waals surface area contributed by atoms with Crippen LogP contribution in [0.3, 0.4) is 0 Å². The predicted molar refractivity (Wildman–Crippen MR) is 129 cm³/mol. The van der Waals surface area contributed by atoms with Crippen LogP contribution in [-0.4, -0.2) is 48.3 Å². The van der Waals surface area contributed by atoms with E-state index in [1.54, 1.807) is 25.8 Å². The summed E-state index contributed by atoms with van der Waals surface area (Å²) in [6.45, 7) is 2.77. The molecule has 1 aliphatic carbocycles. The van der Waals surface area contributed by atoms with Crippen molar-refractivity contribution in [2.45, 2.75) is 38.8 Å². The van der Waals surface area contributed by atoms with E-state index in [0.717, 1.165) is 36.9 Å². The van der Waals surface area contributed by atoms with Crippen molar-refractivity contribution in [3.63, 3.8) is 0 Å². The first-order valence-electron chi connectivity index (χ1n) is 10.9. The average molecular weight is 509 g/mol. The van der Waals surface area contributed by atoms with Gasteiger partial charge in [-0.1, -0.05) is 19.1 Å². The lowest BCUT2D eigenvalue weighted by Crippen LogP contribution is -2.35. The van der Waals surface area contributed by atoms with Gasteiger partial charge < -0.3 is 15.2 Å². The van der Waals surface area contributed by atoms with Crippen LogP contribution in [-0.2, 0) is 11.3 Å². The van der Waals surface area contributed by atoms with Gasteiger partial charge in [0.1, 0.15) is 4.60 Å². The summed E-state index contributed by atoms with van der Waals surface area (Å²) < 4.78 is 4.54. The molecule has 4 aromatic rings. The normalized spacial score (nSPS) is 20.3. The number of nitrogens with one attached hydrogen (secondary N) is 2. The maximum Gasteiger partial charge on any atom is 0.225 e. The number of halogens is 1. The van der Waals surface area contributed by atoms with Gasteiger partial charge in [0.25, 0.3) is 0 Å². The fourth-order valence-electron chi connectivity index (χ4n) is 4.51. The minimum atomic E-state index is -0.361. The first-order chi connectivity index (χ1) is 15.9. The maximum atomic E-state index is 12.2. The number of aromatic nitrogens is 6. The van der Waals surface area contributed by atoms with Gasteiger partial charge in [-0.2, -0.15) is 10.1 Å². The van der Waals surface area contributed by atoms with Crippen molar-refractivity contribution >= 4 is 38.8 Å². The fraction of sp³-hybridized carbons (Fsp3) is 0.348. The summed E-state index contributed by atoms with van der Waals surface area (Å²) in [5.41, 5.74) is 2.44. The minimum absolute atomic E-state index is 0.0849. The zero-order chi connectivity index (χ0) is 23.0. The number of carbonyl (C=O) groups excluding carboxylic acids is 1. The zero-order valence-corrected chi connectivity index (χ0v) is 20.1. The van der Waals surface area contributed by atoms with Crippen LogP contribution < -0.4 is 10.6 Å². The number of rotatable bonds is 6. The minimum Gasteiger partial charge on any atom is -0.359 e. The van der Waals surface area contributed by atoms with Crippen molar-refractivity contribution in [2.75, 3.05) is 12.4 Å². The summed E-state index contributed by atoms with van der Waals surface area (Å²) in [6.07, 6.45) is 9.78. The smallest absolute Gasteiger partial charge is 0.225 e. The molecule has 1 fully saturated rings. The molecule has 1 amide bonds. The number of hydrogen-bond acceptors (Lipinski definition) is 6. The number of benzene rings is 1. The van der Waals surface area contributed by atoms with E-state index < -0.39 is 0 Å². The lowest BCUT2D eigenvalue weighted by molar-refractivity contribution is -0.129. The lowest BCUT2D eigenvalue weighted by Gasteiger charge is -2.22. The number of amides is 1. The SMILES string of the molecule is CNC(=O)C1(C)CC[C@@H](Nc2ncc3c(Br)nn(-c4ccc(Cn5ccnc5)cc4)c3n2)C1. The maximum absolute atomic E-state index is 12.2. The molecule has 0 spiro atoms. The molecular weight excluding hydrogens is 484 g/mol. The van der Waals surface area contributed by atoms with Crippen LogP contribution in [0.5, 0.6) is 0 Å². The van der Waals surface area contributed by atoms with E-state index in [9.17, 15) is 4.79 Å². The van der Waals surface area contributed by atoms with Gasteiger partial charge in [0.2, 0.25) is 11.9 Å². The van der Waals surface area contributed by atoms with Crippen LogP contribution >= 0.6 is 15.9 Å². The Morgan fingerprint density at radius 1 is 1.30 bits per heavy atom. The second-order valence-electron chi connectivity index (χ2n) is 8.76. The van der Waals surface area contributed by atoms with Crippen molar-refractivity contribution in [1.29, 1.82) is 0 Å². The Morgan fingerprint density at radius 2 is 2.12 bits per heavy atom. The molecule has 3 aromatic heterocycles. The molecule has 0 saturated heterocycles. The van der Waals surface area contributed by atoms with Gasteiger partial charge in [0.05, 0.1) is 17.4 Å². The monoisotopic (exact) mass is 508 g/mol. The summed E-state index contributed by atoms with van der Waals surface area (Å²) in [4.78, 5) is 25.6. The first-order valence-corrected chi connectivity index (χ1v) is 11.7. The highest BCUT2D eigenvalue weighted by Gasteiger charge is 2.40. The van der Waals surface area contributed by atoms with E-state index in [4.69, 9.17) is 4.98 Å². The summed E-state index contributed by atoms with van der Waals surface area (Å²) in [7, 11) is 1.69. The van der Waals surface area contributed by atoms with Crippen molar-refractivity contribution in [3.8, 4) is 5.69 Å². The third kappa shape index (κ3) is 4.22. The van der Waals surface area contributed by atoms with Gasteiger partial charge in [0, 0.05) is 43.6 Å². The number of carbonyl (C=O) groups is 1. The van der Waals surface area contributed by atoms with E-state index in [2.05, 4.69) is 53.8 Å². The highest BCUT2D eigenvalue weighted by atomic mass is 79.9. The Balaban J connectivity index is 1.38. The van der Waals surface area contributed by atoms with Gasteiger partial charge in [-0.25, -0.2) is 14.6 Å². The van der Waals surface area contributed by atoms with Crippen LogP contribution in [0.2, 0.25) is 0 Å². The lowest BCUT2D eigenvalue weighted by atomic mass is 9.87. The van der Waals surface area contributed by atoms with Crippen LogP contribution in [0.25, 0.3) is 16.7 Å². The van der Waals surface area contributed by atoms with Gasteiger partial charge >= 0.3 is 0 Å². The molecule has 33 heavy (non-hydrogen) atoms. The number of anilines is 1. The van der Waals surface area contributed by atoms with Gasteiger partial charge in [0.15, 0.2) is 5.65 Å². The average Bonchev–Trinajstić information content (AvgIpc) is 3.54. The van der Waals surface area contributed by atoms with Crippen molar-refractivity contribution in [3.05, 3.63) is 59.3 Å². The third-order valence-corrected chi connectivity index (χ3v) is 6.92. The highest BCUT2D eigenvalue weighted by molar-refractivity contribution is 9.10. The quantitative estimate of drug-likeness (QED) is 0.412. The second kappa shape index (κ2) is 8.58. The fourth-order valence-corrected chi connectivity index (χ4v) is 4.94. The number of fused-ring (bicyclic) bond motifs is 1. The summed E-state index contributed by atoms with van der Waals surface area (Å²) in [6, 6.07) is 8.37. The molecule has 1 unspecified atom stereocenters. The van der Waals surface area contributed by atoms with E-state index in [1.165, 1.54) is 5.56 Å². The Bertz CT molecular complexity index is 1280. The molecule has 2 atom stereocenters. The molecule has 0 bridgehead atoms. The zero-order valence-electron chi connectivity index (χ0n) is 18.5. The van der Waals surface area contributed by atoms with Crippen molar-refractivity contribution < 1.29 is 4.79 Å². The predicted octanol–water partition coefficient (Wildman–Crippen LogP) is 3.54. The largest absolute Gasteiger partial charge is 0.359 e. The third-order valence-electron chi connectivity index (χ3n) is 6.33. The van der Waals surface area contributed by atoms with E-state index in [1.807, 2.05) is 34.5 Å². The summed E-state index contributed by atoms with van der Waals surface area (Å²) in [5.74, 6) is 0.626. The van der Waals surface area contributed by atoms with Crippen LogP contribution in [0.4, 0.5) is 5.95 Å². The van der Waals surface area contributed by atoms with Gasteiger partial charge in [-0.05, 0) is 52.9 Å². The van der Waals surface area contributed by atoms with Gasteiger partial charge in [-0.15, -0.1) is 0 Å². The standard InChI is InChI=1S/C23H25BrN8O/c1-23(21(33)25-2)8-7-16(11-23)28-22-27-12-18-19(24)30-32(20(18)29-22)17-5-3-15(4-6-17)13-31-10-9-26-14-31/h3-6,9-10,12,14,16H,7-8,11,13H2,1-2H3,(H,25,33)(H,27,28,29)/t16-,23?/m1/s1.